The van der Waals surface area contributed by atoms with E-state index in [9.17, 15) is 4.79 Å². The van der Waals surface area contributed by atoms with Crippen molar-refractivity contribution in [2.24, 2.45) is 0 Å². The molecule has 1 N–H and O–H groups in total. The van der Waals surface area contributed by atoms with Crippen molar-refractivity contribution in [2.45, 2.75) is 40.0 Å². The molecule has 0 saturated carbocycles. The number of unbranched alkanes of at least 4 members (excludes halogenated alkanes) is 1. The predicted molar refractivity (Wildman–Crippen MR) is 115 cm³/mol. The molecule has 6 heteroatoms. The van der Waals surface area contributed by atoms with Crippen LogP contribution in [0.2, 0.25) is 0 Å². The zero-order valence-electron chi connectivity index (χ0n) is 16.6. The third-order valence-corrected chi connectivity index (χ3v) is 5.28. The highest BCUT2D eigenvalue weighted by Crippen LogP contribution is 2.30. The Morgan fingerprint density at radius 2 is 1.93 bits per heavy atom. The number of amides is 1. The summed E-state index contributed by atoms with van der Waals surface area (Å²) >= 11 is 1.48. The van der Waals surface area contributed by atoms with Crippen molar-refractivity contribution < 1.29 is 14.3 Å². The molecule has 0 aliphatic heterocycles. The Morgan fingerprint density at radius 1 is 1.07 bits per heavy atom. The van der Waals surface area contributed by atoms with Gasteiger partial charge in [0.15, 0.2) is 16.6 Å². The Kier molecular flexibility index (Phi) is 6.87. The van der Waals surface area contributed by atoms with Crippen LogP contribution in [0.1, 0.15) is 49.5 Å². The quantitative estimate of drug-likeness (QED) is 0.471. The minimum absolute atomic E-state index is 0.212. The second-order valence-corrected chi connectivity index (χ2v) is 7.46. The second kappa shape index (κ2) is 9.55. The maximum atomic E-state index is 12.7. The number of aryl methyl sites for hydroxylation is 1. The van der Waals surface area contributed by atoms with Crippen molar-refractivity contribution in [1.29, 1.82) is 0 Å². The lowest BCUT2D eigenvalue weighted by Gasteiger charge is -2.13. The zero-order valence-corrected chi connectivity index (χ0v) is 17.4. The lowest BCUT2D eigenvalue weighted by atomic mass is 10.2. The lowest BCUT2D eigenvalue weighted by molar-refractivity contribution is 0.102. The van der Waals surface area contributed by atoms with Crippen LogP contribution in [0.25, 0.3) is 10.2 Å². The first kappa shape index (κ1) is 20.1. The number of rotatable bonds is 9. The standard InChI is InChI=1S/C22H26N2O3S/c1-4-7-12-27-18-11-9-16(14-19(18)26-6-3)21(25)24-22-23-17-10-8-15(5-2)13-20(17)28-22/h8-11,13-14H,4-7,12H2,1-3H3,(H,23,24,25). The van der Waals surface area contributed by atoms with Gasteiger partial charge in [0.2, 0.25) is 0 Å². The Labute approximate surface area is 169 Å². The van der Waals surface area contributed by atoms with E-state index in [2.05, 4.69) is 36.3 Å². The van der Waals surface area contributed by atoms with Crippen molar-refractivity contribution in [3.05, 3.63) is 47.5 Å². The molecule has 0 radical (unpaired) electrons. The van der Waals surface area contributed by atoms with E-state index < -0.39 is 0 Å². The van der Waals surface area contributed by atoms with Gasteiger partial charge in [-0.05, 0) is 55.7 Å². The van der Waals surface area contributed by atoms with E-state index in [0.717, 1.165) is 29.5 Å². The molecule has 0 aliphatic carbocycles. The van der Waals surface area contributed by atoms with Crippen molar-refractivity contribution in [2.75, 3.05) is 18.5 Å². The Balaban J connectivity index is 1.76. The van der Waals surface area contributed by atoms with Crippen molar-refractivity contribution in [1.82, 2.24) is 4.98 Å². The van der Waals surface area contributed by atoms with E-state index in [-0.39, 0.29) is 5.91 Å². The number of fused-ring (bicyclic) bond motifs is 1. The molecule has 0 spiro atoms. The number of aromatic nitrogens is 1. The first-order valence-electron chi connectivity index (χ1n) is 9.75. The monoisotopic (exact) mass is 398 g/mol. The summed E-state index contributed by atoms with van der Waals surface area (Å²) in [5, 5.41) is 3.49. The largest absolute Gasteiger partial charge is 0.490 e. The third-order valence-electron chi connectivity index (χ3n) is 4.34. The summed E-state index contributed by atoms with van der Waals surface area (Å²) in [4.78, 5) is 17.2. The molecule has 0 atom stereocenters. The SMILES string of the molecule is CCCCOc1ccc(C(=O)Nc2nc3ccc(CC)cc3s2)cc1OCC. The van der Waals surface area contributed by atoms with Gasteiger partial charge >= 0.3 is 0 Å². The number of ether oxygens (including phenoxy) is 2. The Morgan fingerprint density at radius 3 is 2.68 bits per heavy atom. The van der Waals surface area contributed by atoms with Crippen LogP contribution in [-0.2, 0) is 6.42 Å². The van der Waals surface area contributed by atoms with E-state index >= 15 is 0 Å². The smallest absolute Gasteiger partial charge is 0.257 e. The van der Waals surface area contributed by atoms with Crippen LogP contribution in [0.4, 0.5) is 5.13 Å². The molecule has 1 aromatic heterocycles. The van der Waals surface area contributed by atoms with E-state index in [1.807, 2.05) is 13.0 Å². The van der Waals surface area contributed by atoms with Gasteiger partial charge in [0.05, 0.1) is 23.4 Å². The van der Waals surface area contributed by atoms with E-state index in [1.165, 1.54) is 16.9 Å². The molecular weight excluding hydrogens is 372 g/mol. The summed E-state index contributed by atoms with van der Waals surface area (Å²) in [6, 6.07) is 11.5. The van der Waals surface area contributed by atoms with E-state index in [1.54, 1.807) is 18.2 Å². The van der Waals surface area contributed by atoms with Gasteiger partial charge in [-0.1, -0.05) is 37.7 Å². The maximum absolute atomic E-state index is 12.7. The molecule has 28 heavy (non-hydrogen) atoms. The number of hydrogen-bond donors (Lipinski definition) is 1. The van der Waals surface area contributed by atoms with E-state index in [0.29, 0.717) is 35.4 Å². The Bertz CT molecular complexity index is 952. The molecule has 0 aliphatic rings. The van der Waals surface area contributed by atoms with Gasteiger partial charge in [-0.2, -0.15) is 0 Å². The molecule has 1 heterocycles. The first-order chi connectivity index (χ1) is 13.6. The molecule has 0 unspecified atom stereocenters. The number of hydrogen-bond acceptors (Lipinski definition) is 5. The second-order valence-electron chi connectivity index (χ2n) is 6.43. The van der Waals surface area contributed by atoms with Crippen LogP contribution >= 0.6 is 11.3 Å². The number of nitrogens with zero attached hydrogens (tertiary/aromatic N) is 1. The number of thiazole rings is 1. The molecular formula is C22H26N2O3S. The molecule has 3 aromatic rings. The summed E-state index contributed by atoms with van der Waals surface area (Å²) in [5.74, 6) is 1.04. The normalized spacial score (nSPS) is 10.8. The van der Waals surface area contributed by atoms with Gasteiger partial charge in [-0.3, -0.25) is 10.1 Å². The van der Waals surface area contributed by atoms with Crippen LogP contribution in [-0.4, -0.2) is 24.1 Å². The number of nitrogens with one attached hydrogen (secondary N) is 1. The van der Waals surface area contributed by atoms with Crippen molar-refractivity contribution >= 4 is 32.6 Å². The average Bonchev–Trinajstić information content (AvgIpc) is 3.10. The highest BCUT2D eigenvalue weighted by atomic mass is 32.1. The minimum Gasteiger partial charge on any atom is -0.490 e. The molecule has 148 valence electrons. The lowest BCUT2D eigenvalue weighted by Crippen LogP contribution is -2.12. The van der Waals surface area contributed by atoms with Crippen molar-refractivity contribution in [3.8, 4) is 11.5 Å². The zero-order chi connectivity index (χ0) is 19.9. The molecule has 0 saturated heterocycles. The van der Waals surface area contributed by atoms with E-state index in [4.69, 9.17) is 9.47 Å². The number of benzene rings is 2. The van der Waals surface area contributed by atoms with Crippen LogP contribution in [0.15, 0.2) is 36.4 Å². The number of anilines is 1. The average molecular weight is 399 g/mol. The topological polar surface area (TPSA) is 60.5 Å². The minimum atomic E-state index is -0.212. The molecule has 2 aromatic carbocycles. The van der Waals surface area contributed by atoms with Crippen LogP contribution in [0.5, 0.6) is 11.5 Å². The highest BCUT2D eigenvalue weighted by molar-refractivity contribution is 7.22. The van der Waals surface area contributed by atoms with Gasteiger partial charge < -0.3 is 9.47 Å². The van der Waals surface area contributed by atoms with Gasteiger partial charge in [0, 0.05) is 5.56 Å². The number of carbonyl (C=O) groups is 1. The van der Waals surface area contributed by atoms with Gasteiger partial charge in [-0.25, -0.2) is 4.98 Å². The predicted octanol–water partition coefficient (Wildman–Crippen LogP) is 5.69. The first-order valence-corrected chi connectivity index (χ1v) is 10.6. The summed E-state index contributed by atoms with van der Waals surface area (Å²) < 4.78 is 12.5. The number of carbonyl (C=O) groups excluding carboxylic acids is 1. The van der Waals surface area contributed by atoms with Crippen LogP contribution < -0.4 is 14.8 Å². The van der Waals surface area contributed by atoms with Gasteiger partial charge in [0.1, 0.15) is 0 Å². The van der Waals surface area contributed by atoms with Gasteiger partial charge in [-0.15, -0.1) is 0 Å². The Hall–Kier alpha value is -2.60. The van der Waals surface area contributed by atoms with Crippen LogP contribution in [0.3, 0.4) is 0 Å². The summed E-state index contributed by atoms with van der Waals surface area (Å²) in [6.07, 6.45) is 3.01. The molecule has 5 nitrogen and oxygen atoms in total. The fourth-order valence-corrected chi connectivity index (χ4v) is 3.70. The fourth-order valence-electron chi connectivity index (χ4n) is 2.78. The summed E-state index contributed by atoms with van der Waals surface area (Å²) in [5.41, 5.74) is 2.67. The maximum Gasteiger partial charge on any atom is 0.257 e. The fraction of sp³-hybridized carbons (Fsp3) is 0.364. The van der Waals surface area contributed by atoms with Gasteiger partial charge in [0.25, 0.3) is 5.91 Å². The molecule has 0 bridgehead atoms. The molecule has 3 rings (SSSR count). The highest BCUT2D eigenvalue weighted by Gasteiger charge is 2.14. The summed E-state index contributed by atoms with van der Waals surface area (Å²) in [6.45, 7) is 7.29. The van der Waals surface area contributed by atoms with Crippen LogP contribution in [0, 0.1) is 0 Å². The molecule has 0 fully saturated rings. The van der Waals surface area contributed by atoms with Crippen molar-refractivity contribution in [3.63, 3.8) is 0 Å². The molecule has 1 amide bonds. The summed E-state index contributed by atoms with van der Waals surface area (Å²) in [7, 11) is 0. The third kappa shape index (κ3) is 4.81.